The van der Waals surface area contributed by atoms with E-state index in [0.29, 0.717) is 0 Å². The fourth-order valence-electron chi connectivity index (χ4n) is 0. The van der Waals surface area contributed by atoms with E-state index in [0.717, 1.165) is 0 Å². The Labute approximate surface area is 49.2 Å². The van der Waals surface area contributed by atoms with Crippen molar-refractivity contribution in [2.75, 3.05) is 0 Å². The molecule has 0 saturated carbocycles. The smallest absolute Gasteiger partial charge is 0.391 e. The number of hydrogen-bond acceptors (Lipinski definition) is 1. The Hall–Kier alpha value is 0.479. The van der Waals surface area contributed by atoms with Crippen molar-refractivity contribution in [2.45, 2.75) is 26.4 Å². The zero-order valence-corrected chi connectivity index (χ0v) is 5.40. The minimum absolute atomic E-state index is 0. The van der Waals surface area contributed by atoms with Crippen LogP contribution >= 0.6 is 0 Å². The first-order chi connectivity index (χ1) is 2.00. The van der Waals surface area contributed by atoms with E-state index in [-0.39, 0.29) is 17.1 Å². The first-order valence-corrected chi connectivity index (χ1v) is 1.72. The van der Waals surface area contributed by atoms with E-state index >= 15 is 0 Å². The van der Waals surface area contributed by atoms with Crippen molar-refractivity contribution >= 4 is 0 Å². The summed E-state index contributed by atoms with van der Waals surface area (Å²) in [5, 5.41) is 8.52. The Kier molecular flexibility index (Phi) is 4.23. The average Bonchev–Trinajstić information content (AvgIpc) is 0.722. The van der Waals surface area contributed by atoms with Crippen LogP contribution in [-0.4, -0.2) is 10.7 Å². The van der Waals surface area contributed by atoms with Gasteiger partial charge in [0.2, 0.25) is 0 Å². The van der Waals surface area contributed by atoms with Gasteiger partial charge in [-0.2, -0.15) is 0 Å². The molecule has 0 fully saturated rings. The van der Waals surface area contributed by atoms with Gasteiger partial charge in [0.1, 0.15) is 0 Å². The Balaban J connectivity index is 0. The van der Waals surface area contributed by atoms with Gasteiger partial charge in [-0.1, -0.05) is 0 Å². The first kappa shape index (κ1) is 9.70. The van der Waals surface area contributed by atoms with Crippen molar-refractivity contribution < 1.29 is 22.2 Å². The van der Waals surface area contributed by atoms with E-state index in [1.807, 2.05) is 0 Å². The summed E-state index contributed by atoms with van der Waals surface area (Å²) < 4.78 is 0. The first-order valence-electron chi connectivity index (χ1n) is 1.72. The van der Waals surface area contributed by atoms with Crippen LogP contribution in [0.1, 0.15) is 20.8 Å². The minimum atomic E-state index is -0.500. The molecule has 0 aromatic heterocycles. The van der Waals surface area contributed by atoms with E-state index in [1.165, 1.54) is 0 Å². The summed E-state index contributed by atoms with van der Waals surface area (Å²) in [6.07, 6.45) is 0. The molecule has 2 heteroatoms. The fraction of sp³-hybridized carbons (Fsp3) is 1.00. The van der Waals surface area contributed by atoms with Crippen LogP contribution in [0.4, 0.5) is 0 Å². The Morgan fingerprint density at radius 2 is 1.17 bits per heavy atom. The molecule has 0 aromatic carbocycles. The number of aliphatic hydroxyl groups is 1. The van der Waals surface area contributed by atoms with Gasteiger partial charge < -0.3 is 5.11 Å². The Morgan fingerprint density at radius 1 is 1.17 bits per heavy atom. The van der Waals surface area contributed by atoms with Crippen LogP contribution in [0.25, 0.3) is 0 Å². The quantitative estimate of drug-likeness (QED) is 0.480. The van der Waals surface area contributed by atoms with E-state index < -0.39 is 5.60 Å². The van der Waals surface area contributed by atoms with Crippen LogP contribution in [0, 0.1) is 0 Å². The third-order valence-electron chi connectivity index (χ3n) is 0. The molecule has 38 valence electrons. The molecular weight excluding hydrogens is 120 g/mol. The Bertz CT molecular complexity index is 23.0. The number of hydrogen-bond donors (Lipinski definition) is 1. The standard InChI is InChI=1S/C4H10O.Fe/c1-4(2,3)5;/h5H,1-3H3;/q;+2. The van der Waals surface area contributed by atoms with E-state index in [9.17, 15) is 0 Å². The van der Waals surface area contributed by atoms with Crippen LogP contribution in [-0.2, 0) is 17.1 Å². The molecule has 0 radical (unpaired) electrons. The molecule has 0 aromatic rings. The molecule has 0 bridgehead atoms. The summed E-state index contributed by atoms with van der Waals surface area (Å²) in [6.45, 7) is 5.23. The van der Waals surface area contributed by atoms with Gasteiger partial charge in [0, 0.05) is 0 Å². The molecular formula is C4H10FeO+2. The van der Waals surface area contributed by atoms with Crippen molar-refractivity contribution in [3.63, 3.8) is 0 Å². The summed E-state index contributed by atoms with van der Waals surface area (Å²) in [7, 11) is 0. The van der Waals surface area contributed by atoms with Gasteiger partial charge in [-0.05, 0) is 20.8 Å². The third kappa shape index (κ3) is 236. The largest absolute Gasteiger partial charge is 2.00 e. The van der Waals surface area contributed by atoms with Crippen LogP contribution < -0.4 is 0 Å². The van der Waals surface area contributed by atoms with Crippen molar-refractivity contribution in [1.82, 2.24) is 0 Å². The van der Waals surface area contributed by atoms with Gasteiger partial charge >= 0.3 is 17.1 Å². The van der Waals surface area contributed by atoms with Gasteiger partial charge in [-0.3, -0.25) is 0 Å². The average molecular weight is 130 g/mol. The zero-order chi connectivity index (χ0) is 4.50. The SMILES string of the molecule is CC(C)(C)O.[Fe+2]. The molecule has 0 unspecified atom stereocenters. The second-order valence-corrected chi connectivity index (χ2v) is 2.17. The maximum absolute atomic E-state index is 8.52. The third-order valence-corrected chi connectivity index (χ3v) is 0. The van der Waals surface area contributed by atoms with Crippen molar-refractivity contribution in [3.05, 3.63) is 0 Å². The molecule has 0 atom stereocenters. The molecule has 0 amide bonds. The summed E-state index contributed by atoms with van der Waals surface area (Å²) in [5.74, 6) is 0. The molecule has 0 rings (SSSR count). The molecule has 0 aliphatic carbocycles. The second kappa shape index (κ2) is 2.62. The van der Waals surface area contributed by atoms with E-state index in [1.54, 1.807) is 20.8 Å². The second-order valence-electron chi connectivity index (χ2n) is 2.17. The van der Waals surface area contributed by atoms with Crippen LogP contribution in [0.3, 0.4) is 0 Å². The Morgan fingerprint density at radius 3 is 1.17 bits per heavy atom. The maximum Gasteiger partial charge on any atom is 2.00 e. The molecule has 1 N–H and O–H groups in total. The van der Waals surface area contributed by atoms with Gasteiger partial charge in [-0.15, -0.1) is 0 Å². The molecule has 1 nitrogen and oxygen atoms in total. The molecule has 0 spiro atoms. The fourth-order valence-corrected chi connectivity index (χ4v) is 0. The molecule has 0 aliphatic heterocycles. The minimum Gasteiger partial charge on any atom is -0.391 e. The van der Waals surface area contributed by atoms with E-state index in [4.69, 9.17) is 5.11 Å². The van der Waals surface area contributed by atoms with Crippen molar-refractivity contribution in [2.24, 2.45) is 0 Å². The molecule has 0 aliphatic rings. The number of rotatable bonds is 0. The van der Waals surface area contributed by atoms with Crippen LogP contribution in [0.5, 0.6) is 0 Å². The van der Waals surface area contributed by atoms with Crippen LogP contribution in [0.15, 0.2) is 0 Å². The summed E-state index contributed by atoms with van der Waals surface area (Å²) in [4.78, 5) is 0. The summed E-state index contributed by atoms with van der Waals surface area (Å²) >= 11 is 0. The predicted molar refractivity (Wildman–Crippen MR) is 22.0 cm³/mol. The summed E-state index contributed by atoms with van der Waals surface area (Å²) in [6, 6.07) is 0. The van der Waals surface area contributed by atoms with Gasteiger partial charge in [0.05, 0.1) is 5.60 Å². The monoisotopic (exact) mass is 130 g/mol. The summed E-state index contributed by atoms with van der Waals surface area (Å²) in [5.41, 5.74) is -0.500. The molecule has 0 saturated heterocycles. The van der Waals surface area contributed by atoms with Gasteiger partial charge in [0.15, 0.2) is 0 Å². The topological polar surface area (TPSA) is 20.2 Å². The van der Waals surface area contributed by atoms with Gasteiger partial charge in [-0.25, -0.2) is 0 Å². The molecule has 0 heterocycles. The molecule has 6 heavy (non-hydrogen) atoms. The van der Waals surface area contributed by atoms with Crippen molar-refractivity contribution in [1.29, 1.82) is 0 Å². The normalized spacial score (nSPS) is 10.0. The van der Waals surface area contributed by atoms with Crippen molar-refractivity contribution in [3.8, 4) is 0 Å². The van der Waals surface area contributed by atoms with Gasteiger partial charge in [0.25, 0.3) is 0 Å². The van der Waals surface area contributed by atoms with Crippen LogP contribution in [0.2, 0.25) is 0 Å². The zero-order valence-electron chi connectivity index (χ0n) is 4.30. The van der Waals surface area contributed by atoms with E-state index in [2.05, 4.69) is 0 Å². The maximum atomic E-state index is 8.52. The predicted octanol–water partition coefficient (Wildman–Crippen LogP) is 0.775.